The second-order valence-electron chi connectivity index (χ2n) is 9.33. The summed E-state index contributed by atoms with van der Waals surface area (Å²) in [5.41, 5.74) is 1.32. The third kappa shape index (κ3) is 7.57. The Hall–Kier alpha value is -2.33. The SMILES string of the molecule is CN(C)C(c1ccccc1)C1CCC(NC(=O)COCCN(C)S(=O)(=O)c2ccc(F)cc2)CC1. The third-order valence-corrected chi connectivity index (χ3v) is 8.46. The highest BCUT2D eigenvalue weighted by Crippen LogP contribution is 2.37. The number of nitrogens with one attached hydrogen (secondary N) is 1. The second kappa shape index (κ2) is 12.6. The third-order valence-electron chi connectivity index (χ3n) is 6.59. The highest BCUT2D eigenvalue weighted by Gasteiger charge is 2.30. The summed E-state index contributed by atoms with van der Waals surface area (Å²) in [5, 5.41) is 3.05. The minimum absolute atomic E-state index is 0.0125. The van der Waals surface area contributed by atoms with Crippen molar-refractivity contribution in [3.8, 4) is 0 Å². The minimum Gasteiger partial charge on any atom is -0.370 e. The van der Waals surface area contributed by atoms with E-state index in [9.17, 15) is 17.6 Å². The summed E-state index contributed by atoms with van der Waals surface area (Å²) < 4.78 is 44.6. The number of likely N-dealkylation sites (N-methyl/N-ethyl adjacent to an activating group) is 1. The van der Waals surface area contributed by atoms with Crippen LogP contribution in [-0.4, -0.2) is 70.5 Å². The van der Waals surface area contributed by atoms with Crippen LogP contribution < -0.4 is 5.32 Å². The molecule has 1 unspecified atom stereocenters. The highest BCUT2D eigenvalue weighted by molar-refractivity contribution is 7.89. The molecule has 1 amide bonds. The summed E-state index contributed by atoms with van der Waals surface area (Å²) in [5.74, 6) is -0.150. The van der Waals surface area contributed by atoms with Gasteiger partial charge in [0.2, 0.25) is 15.9 Å². The number of sulfonamides is 1. The van der Waals surface area contributed by atoms with Gasteiger partial charge in [0.05, 0.1) is 11.5 Å². The molecular formula is C26H36FN3O4S. The molecule has 2 aromatic rings. The molecule has 3 rings (SSSR count). The van der Waals surface area contributed by atoms with Gasteiger partial charge in [0.15, 0.2) is 0 Å². The van der Waals surface area contributed by atoms with Crippen LogP contribution in [0.4, 0.5) is 4.39 Å². The van der Waals surface area contributed by atoms with E-state index in [1.165, 1.54) is 24.7 Å². The zero-order chi connectivity index (χ0) is 25.4. The smallest absolute Gasteiger partial charge is 0.246 e. The van der Waals surface area contributed by atoms with E-state index in [-0.39, 0.29) is 36.6 Å². The Morgan fingerprint density at radius 3 is 2.26 bits per heavy atom. The van der Waals surface area contributed by atoms with Gasteiger partial charge in [-0.2, -0.15) is 4.31 Å². The van der Waals surface area contributed by atoms with Gasteiger partial charge in [-0.3, -0.25) is 4.79 Å². The van der Waals surface area contributed by atoms with Gasteiger partial charge >= 0.3 is 0 Å². The lowest BCUT2D eigenvalue weighted by Crippen LogP contribution is -2.41. The average Bonchev–Trinajstić information content (AvgIpc) is 2.83. The first kappa shape index (κ1) is 27.3. The highest BCUT2D eigenvalue weighted by atomic mass is 32.2. The maximum atomic E-state index is 13.1. The zero-order valence-electron chi connectivity index (χ0n) is 20.7. The Labute approximate surface area is 208 Å². The predicted molar refractivity (Wildman–Crippen MR) is 134 cm³/mol. The van der Waals surface area contributed by atoms with Crippen molar-refractivity contribution in [1.82, 2.24) is 14.5 Å². The van der Waals surface area contributed by atoms with Crippen molar-refractivity contribution in [2.45, 2.75) is 42.7 Å². The first-order valence-corrected chi connectivity index (χ1v) is 13.4. The lowest BCUT2D eigenvalue weighted by molar-refractivity contribution is -0.126. The lowest BCUT2D eigenvalue weighted by atomic mass is 9.78. The van der Waals surface area contributed by atoms with Crippen LogP contribution in [0.1, 0.15) is 37.3 Å². The summed E-state index contributed by atoms with van der Waals surface area (Å²) in [6.07, 6.45) is 3.92. The quantitative estimate of drug-likeness (QED) is 0.474. The Kier molecular flexibility index (Phi) is 9.80. The number of hydrogen-bond acceptors (Lipinski definition) is 5. The molecule has 1 aliphatic rings. The van der Waals surface area contributed by atoms with Gasteiger partial charge < -0.3 is 15.0 Å². The number of nitrogens with zero attached hydrogens (tertiary/aromatic N) is 2. The Balaban J connectivity index is 1.38. The van der Waals surface area contributed by atoms with E-state index in [0.717, 1.165) is 42.1 Å². The van der Waals surface area contributed by atoms with Gasteiger partial charge in [0.1, 0.15) is 12.4 Å². The Morgan fingerprint density at radius 1 is 1.03 bits per heavy atom. The number of carbonyl (C=O) groups excluding carboxylic acids is 1. The van der Waals surface area contributed by atoms with Crippen LogP contribution in [0.2, 0.25) is 0 Å². The summed E-state index contributed by atoms with van der Waals surface area (Å²) >= 11 is 0. The van der Waals surface area contributed by atoms with Crippen molar-refractivity contribution >= 4 is 15.9 Å². The Morgan fingerprint density at radius 2 is 1.66 bits per heavy atom. The largest absolute Gasteiger partial charge is 0.370 e. The molecule has 0 aliphatic heterocycles. The fourth-order valence-corrected chi connectivity index (χ4v) is 5.91. The average molecular weight is 506 g/mol. The van der Waals surface area contributed by atoms with E-state index < -0.39 is 15.8 Å². The van der Waals surface area contributed by atoms with E-state index in [0.29, 0.717) is 12.0 Å². The van der Waals surface area contributed by atoms with Crippen molar-refractivity contribution in [3.05, 3.63) is 66.0 Å². The molecule has 0 bridgehead atoms. The standard InChI is InChI=1S/C26H36FN3O4S/c1-29(2)26(20-7-5-4-6-8-20)21-9-13-23(14-10-21)28-25(31)19-34-18-17-30(3)35(32,33)24-15-11-22(27)12-16-24/h4-8,11-12,15-16,21,23,26H,9-10,13-14,17-19H2,1-3H3,(H,28,31). The molecule has 0 heterocycles. The number of benzene rings is 2. The topological polar surface area (TPSA) is 79.0 Å². The van der Waals surface area contributed by atoms with Gasteiger partial charge in [-0.1, -0.05) is 30.3 Å². The first-order chi connectivity index (χ1) is 16.7. The van der Waals surface area contributed by atoms with Crippen LogP contribution in [0.25, 0.3) is 0 Å². The van der Waals surface area contributed by atoms with E-state index in [1.807, 2.05) is 6.07 Å². The summed E-state index contributed by atoms with van der Waals surface area (Å²) in [6.45, 7) is 0.0525. The van der Waals surface area contributed by atoms with E-state index >= 15 is 0 Å². The molecule has 1 atom stereocenters. The molecule has 0 radical (unpaired) electrons. The first-order valence-electron chi connectivity index (χ1n) is 12.0. The predicted octanol–water partition coefficient (Wildman–Crippen LogP) is 3.44. The molecule has 1 saturated carbocycles. The van der Waals surface area contributed by atoms with Crippen molar-refractivity contribution in [3.63, 3.8) is 0 Å². The summed E-state index contributed by atoms with van der Waals surface area (Å²) in [7, 11) is 1.92. The van der Waals surface area contributed by atoms with Crippen molar-refractivity contribution in [2.24, 2.45) is 5.92 Å². The number of halogens is 1. The number of ether oxygens (including phenoxy) is 1. The fourth-order valence-electron chi connectivity index (χ4n) is 4.76. The monoisotopic (exact) mass is 505 g/mol. The van der Waals surface area contributed by atoms with Gasteiger partial charge in [0.25, 0.3) is 0 Å². The minimum atomic E-state index is -3.74. The molecule has 1 N–H and O–H groups in total. The summed E-state index contributed by atoms with van der Waals surface area (Å²) in [4.78, 5) is 14.6. The maximum Gasteiger partial charge on any atom is 0.246 e. The fraction of sp³-hybridized carbons (Fsp3) is 0.500. The van der Waals surface area contributed by atoms with Gasteiger partial charge in [0, 0.05) is 25.7 Å². The van der Waals surface area contributed by atoms with Crippen molar-refractivity contribution in [1.29, 1.82) is 0 Å². The van der Waals surface area contributed by atoms with Gasteiger partial charge in [-0.15, -0.1) is 0 Å². The molecule has 1 aliphatic carbocycles. The van der Waals surface area contributed by atoms with Crippen molar-refractivity contribution in [2.75, 3.05) is 40.9 Å². The van der Waals surface area contributed by atoms with Crippen LogP contribution in [0.3, 0.4) is 0 Å². The molecule has 2 aromatic carbocycles. The van der Waals surface area contributed by atoms with Gasteiger partial charge in [-0.05, 0) is 75.5 Å². The normalized spacial score (nSPS) is 19.6. The molecule has 0 aromatic heterocycles. The van der Waals surface area contributed by atoms with E-state index in [4.69, 9.17) is 4.74 Å². The van der Waals surface area contributed by atoms with Crippen molar-refractivity contribution < 1.29 is 22.3 Å². The molecule has 0 spiro atoms. The molecule has 7 nitrogen and oxygen atoms in total. The number of hydrogen-bond donors (Lipinski definition) is 1. The van der Waals surface area contributed by atoms with Crippen LogP contribution >= 0.6 is 0 Å². The zero-order valence-corrected chi connectivity index (χ0v) is 21.5. The van der Waals surface area contributed by atoms with Crippen LogP contribution in [0.15, 0.2) is 59.5 Å². The summed E-state index contributed by atoms with van der Waals surface area (Å²) in [6, 6.07) is 15.7. The second-order valence-corrected chi connectivity index (χ2v) is 11.4. The van der Waals surface area contributed by atoms with Crippen LogP contribution in [0.5, 0.6) is 0 Å². The molecule has 1 fully saturated rings. The molecule has 35 heavy (non-hydrogen) atoms. The maximum absolute atomic E-state index is 13.1. The molecular weight excluding hydrogens is 469 g/mol. The van der Waals surface area contributed by atoms with E-state index in [2.05, 4.69) is 48.6 Å². The van der Waals surface area contributed by atoms with Crippen LogP contribution in [0, 0.1) is 11.7 Å². The number of rotatable bonds is 11. The molecule has 0 saturated heterocycles. The Bertz CT molecular complexity index is 1040. The number of carbonyl (C=O) groups is 1. The lowest BCUT2D eigenvalue weighted by Gasteiger charge is -2.37. The van der Waals surface area contributed by atoms with Gasteiger partial charge in [-0.25, -0.2) is 12.8 Å². The van der Waals surface area contributed by atoms with E-state index in [1.54, 1.807) is 0 Å². The molecule has 9 heteroatoms. The number of amides is 1. The van der Waals surface area contributed by atoms with Crippen LogP contribution in [-0.2, 0) is 19.6 Å². The molecule has 192 valence electrons.